The summed E-state index contributed by atoms with van der Waals surface area (Å²) in [5, 5.41) is 56.1. The van der Waals surface area contributed by atoms with Crippen LogP contribution in [0.2, 0.25) is 0 Å². The van der Waals surface area contributed by atoms with Crippen LogP contribution >= 0.6 is 0 Å². The number of hydrogen-bond acceptors (Lipinski definition) is 12. The molecule has 2 fully saturated rings. The van der Waals surface area contributed by atoms with Crippen LogP contribution in [0.15, 0.2) is 71.6 Å². The fourth-order valence-corrected chi connectivity index (χ4v) is 7.76. The Labute approximate surface area is 328 Å². The van der Waals surface area contributed by atoms with Gasteiger partial charge in [-0.05, 0) is 46.1 Å². The summed E-state index contributed by atoms with van der Waals surface area (Å²) < 4.78 is 36.1. The molecule has 0 bridgehead atoms. The van der Waals surface area contributed by atoms with E-state index in [0.29, 0.717) is 12.0 Å². The fourth-order valence-electron chi connectivity index (χ4n) is 7.76. The zero-order valence-corrected chi connectivity index (χ0v) is 34.6. The minimum atomic E-state index is -1.92. The molecule has 12 unspecified atom stereocenters. The lowest BCUT2D eigenvalue weighted by Crippen LogP contribution is -2.59. The van der Waals surface area contributed by atoms with E-state index >= 15 is 0 Å². The van der Waals surface area contributed by atoms with Gasteiger partial charge in [0.2, 0.25) is 5.76 Å². The summed E-state index contributed by atoms with van der Waals surface area (Å²) in [4.78, 5) is 13.8. The maximum Gasteiger partial charge on any atom is 0.373 e. The molecule has 0 aromatic carbocycles. The number of esters is 1. The quantitative estimate of drug-likeness (QED) is 0.148. The first kappa shape index (κ1) is 46.7. The van der Waals surface area contributed by atoms with Crippen molar-refractivity contribution in [3.63, 3.8) is 0 Å². The Kier molecular flexibility index (Phi) is 18.0. The van der Waals surface area contributed by atoms with Crippen LogP contribution in [0.5, 0.6) is 0 Å². The van der Waals surface area contributed by atoms with Gasteiger partial charge in [0.1, 0.15) is 18.3 Å². The molecule has 0 aromatic rings. The van der Waals surface area contributed by atoms with Crippen LogP contribution in [0.3, 0.4) is 0 Å². The predicted octanol–water partition coefficient (Wildman–Crippen LogP) is 5.05. The molecule has 0 aliphatic carbocycles. The zero-order chi connectivity index (χ0) is 41.2. The van der Waals surface area contributed by atoms with Crippen LogP contribution in [0.4, 0.5) is 0 Å². The molecule has 312 valence electrons. The third-order valence-electron chi connectivity index (χ3n) is 11.4. The molecule has 12 heteroatoms. The molecule has 0 spiro atoms. The smallest absolute Gasteiger partial charge is 0.373 e. The van der Waals surface area contributed by atoms with Gasteiger partial charge >= 0.3 is 5.97 Å². The van der Waals surface area contributed by atoms with E-state index in [-0.39, 0.29) is 36.4 Å². The van der Waals surface area contributed by atoms with Gasteiger partial charge in [-0.1, -0.05) is 94.4 Å². The van der Waals surface area contributed by atoms with Crippen molar-refractivity contribution in [2.75, 3.05) is 14.2 Å². The molecule has 5 N–H and O–H groups in total. The Morgan fingerprint density at radius 2 is 1.73 bits per heavy atom. The number of carbonyl (C=O) groups is 1. The molecule has 0 radical (unpaired) electrons. The topological polar surface area (TPSA) is 174 Å². The third kappa shape index (κ3) is 12.4. The average molecular weight is 777 g/mol. The lowest BCUT2D eigenvalue weighted by molar-refractivity contribution is -0.339. The Morgan fingerprint density at radius 1 is 1.04 bits per heavy atom. The van der Waals surface area contributed by atoms with Gasteiger partial charge in [-0.15, -0.1) is 0 Å². The Morgan fingerprint density at radius 3 is 2.35 bits per heavy atom. The van der Waals surface area contributed by atoms with Crippen molar-refractivity contribution in [3.8, 4) is 0 Å². The van der Waals surface area contributed by atoms with Crippen molar-refractivity contribution < 1.29 is 58.7 Å². The molecular formula is C43H68O12. The van der Waals surface area contributed by atoms with Crippen molar-refractivity contribution in [2.45, 2.75) is 149 Å². The van der Waals surface area contributed by atoms with Crippen molar-refractivity contribution in [1.29, 1.82) is 0 Å². The molecule has 3 heterocycles. The van der Waals surface area contributed by atoms with Crippen LogP contribution in [-0.2, 0) is 33.2 Å². The van der Waals surface area contributed by atoms with Crippen LogP contribution in [0.1, 0.15) is 81.6 Å². The average Bonchev–Trinajstić information content (AvgIpc) is 3.13. The van der Waals surface area contributed by atoms with Crippen LogP contribution in [0.25, 0.3) is 0 Å². The van der Waals surface area contributed by atoms with E-state index in [0.717, 1.165) is 5.57 Å². The van der Waals surface area contributed by atoms with Crippen molar-refractivity contribution in [2.24, 2.45) is 29.6 Å². The number of aliphatic hydroxyl groups is 5. The molecule has 3 rings (SSSR count). The molecule has 3 aliphatic rings. The first-order valence-electron chi connectivity index (χ1n) is 19.6. The monoisotopic (exact) mass is 776 g/mol. The standard InChI is InChI=1S/C43H68O12/c1-12-13-14-17-33-28(6)36(53-37-22-32(44)40(47)31(9)52-37)23-43(49,55-33)30(8)39(46)29(7)41-34(50-10)18-15-16-24(2)19-26(4)38(45)27(5)20-25(3)21-35(51-11)42(48)54-41/h12-18,20-21,26-34,36-41,44-47,49H,19,22-23H2,1-11H3/b13-12+,17-14+,18-15-,24-16+,25-20+,35-21+/t26?,27?,28?,29?,30?,31-,32-,33?,34?,36?,37+,38?,39?,40-,41?,43?/m1/s1. The zero-order valence-electron chi connectivity index (χ0n) is 34.6. The number of allylic oxidation sites excluding steroid dienone is 8. The summed E-state index contributed by atoms with van der Waals surface area (Å²) in [5.74, 6) is -5.04. The highest BCUT2D eigenvalue weighted by Gasteiger charge is 2.52. The highest BCUT2D eigenvalue weighted by molar-refractivity contribution is 5.87. The fraction of sp³-hybridized carbons (Fsp3) is 0.698. The van der Waals surface area contributed by atoms with Crippen molar-refractivity contribution >= 4 is 5.97 Å². The Bertz CT molecular complexity index is 1410. The van der Waals surface area contributed by atoms with E-state index in [1.807, 2.05) is 84.1 Å². The maximum atomic E-state index is 13.8. The van der Waals surface area contributed by atoms with Crippen LogP contribution in [0, 0.1) is 29.6 Å². The van der Waals surface area contributed by atoms with Crippen LogP contribution in [-0.4, -0.2) is 113 Å². The molecule has 0 aromatic heterocycles. The van der Waals surface area contributed by atoms with Crippen molar-refractivity contribution in [3.05, 3.63) is 71.6 Å². The number of aliphatic hydroxyl groups excluding tert-OH is 4. The van der Waals surface area contributed by atoms with Gasteiger partial charge in [0.15, 0.2) is 12.1 Å². The van der Waals surface area contributed by atoms with E-state index < -0.39 is 84.8 Å². The lowest BCUT2D eigenvalue weighted by atomic mass is 9.77. The second kappa shape index (κ2) is 21.2. The largest absolute Gasteiger partial charge is 0.490 e. The molecule has 2 saturated heterocycles. The number of hydrogen-bond donors (Lipinski definition) is 5. The van der Waals surface area contributed by atoms with Crippen LogP contribution < -0.4 is 0 Å². The van der Waals surface area contributed by atoms with Gasteiger partial charge in [0, 0.05) is 43.6 Å². The van der Waals surface area contributed by atoms with E-state index in [4.69, 9.17) is 28.4 Å². The molecule has 55 heavy (non-hydrogen) atoms. The van der Waals surface area contributed by atoms with E-state index in [9.17, 15) is 30.3 Å². The summed E-state index contributed by atoms with van der Waals surface area (Å²) in [6, 6.07) is 0. The van der Waals surface area contributed by atoms with E-state index in [2.05, 4.69) is 0 Å². The number of carbonyl (C=O) groups excluding carboxylic acids is 1. The maximum absolute atomic E-state index is 13.8. The summed E-state index contributed by atoms with van der Waals surface area (Å²) in [6.45, 7) is 16.6. The lowest BCUT2D eigenvalue weighted by Gasteiger charge is -2.49. The minimum Gasteiger partial charge on any atom is -0.490 e. The third-order valence-corrected chi connectivity index (χ3v) is 11.4. The molecule has 0 saturated carbocycles. The first-order chi connectivity index (χ1) is 25.9. The summed E-state index contributed by atoms with van der Waals surface area (Å²) in [7, 11) is 2.86. The Hall–Kier alpha value is -2.65. The number of ether oxygens (including phenoxy) is 6. The molecule has 12 nitrogen and oxygen atoms in total. The second-order valence-electron chi connectivity index (χ2n) is 15.9. The SMILES string of the molecule is C/C=C/C=C/C1OC(O)(C(C)C(O)C(C)C2OC(=O)/C(OC)=C\C(C)=C\C(C)C(O)C(C)C/C(C)=C/C=C\C2OC)CC(O[C@H]2C[C@@H](O)[C@H](O)[C@@H](C)O2)C1C. The normalized spacial score (nSPS) is 42.6. The van der Waals surface area contributed by atoms with Crippen molar-refractivity contribution in [1.82, 2.24) is 0 Å². The highest BCUT2D eigenvalue weighted by Crippen LogP contribution is 2.42. The number of rotatable bonds is 10. The van der Waals surface area contributed by atoms with E-state index in [1.165, 1.54) is 14.2 Å². The molecule has 3 aliphatic heterocycles. The minimum absolute atomic E-state index is 0.0349. The number of methoxy groups -OCH3 is 2. The van der Waals surface area contributed by atoms with Gasteiger partial charge < -0.3 is 54.0 Å². The predicted molar refractivity (Wildman–Crippen MR) is 209 cm³/mol. The summed E-state index contributed by atoms with van der Waals surface area (Å²) >= 11 is 0. The number of cyclic esters (lactones) is 1. The Balaban J connectivity index is 2.00. The summed E-state index contributed by atoms with van der Waals surface area (Å²) in [5.41, 5.74) is 1.74. The molecule has 16 atom stereocenters. The van der Waals surface area contributed by atoms with E-state index in [1.54, 1.807) is 32.9 Å². The second-order valence-corrected chi connectivity index (χ2v) is 15.9. The van der Waals surface area contributed by atoms with Gasteiger partial charge in [0.25, 0.3) is 0 Å². The first-order valence-corrected chi connectivity index (χ1v) is 19.6. The van der Waals surface area contributed by atoms with Gasteiger partial charge in [-0.25, -0.2) is 4.79 Å². The van der Waals surface area contributed by atoms with Gasteiger partial charge in [-0.2, -0.15) is 0 Å². The molecular weight excluding hydrogens is 708 g/mol. The highest BCUT2D eigenvalue weighted by atomic mass is 16.7. The van der Waals surface area contributed by atoms with Gasteiger partial charge in [0.05, 0.1) is 43.7 Å². The molecule has 0 amide bonds. The summed E-state index contributed by atoms with van der Waals surface area (Å²) in [6.07, 6.45) is 8.29. The van der Waals surface area contributed by atoms with Gasteiger partial charge in [-0.3, -0.25) is 0 Å².